The van der Waals surface area contributed by atoms with E-state index in [2.05, 4.69) is 31.2 Å². The van der Waals surface area contributed by atoms with Crippen molar-refractivity contribution in [3.63, 3.8) is 0 Å². The van der Waals surface area contributed by atoms with Crippen molar-refractivity contribution in [3.8, 4) is 0 Å². The predicted octanol–water partition coefficient (Wildman–Crippen LogP) is 1.77. The fraction of sp³-hybridized carbons (Fsp3) is 0.917. The fourth-order valence-corrected chi connectivity index (χ4v) is 1.46. The van der Waals surface area contributed by atoms with Crippen LogP contribution in [0.25, 0.3) is 0 Å². The van der Waals surface area contributed by atoms with Crippen LogP contribution < -0.4 is 5.32 Å². The largest absolute Gasteiger partial charge is 0.338 e. The first-order chi connectivity index (χ1) is 7.61. The zero-order valence-electron chi connectivity index (χ0n) is 11.3. The lowest BCUT2D eigenvalue weighted by Crippen LogP contribution is -2.41. The van der Waals surface area contributed by atoms with Crippen molar-refractivity contribution in [2.24, 2.45) is 0 Å². The molecule has 0 aliphatic heterocycles. The van der Waals surface area contributed by atoms with E-state index in [1.54, 1.807) is 0 Å². The van der Waals surface area contributed by atoms with Gasteiger partial charge in [-0.1, -0.05) is 13.3 Å². The summed E-state index contributed by atoms with van der Waals surface area (Å²) in [5.41, 5.74) is 0. The van der Waals surface area contributed by atoms with E-state index < -0.39 is 0 Å². The molecule has 0 unspecified atom stereocenters. The number of nitrogens with one attached hydrogen (secondary N) is 1. The van der Waals surface area contributed by atoms with Crippen LogP contribution in [-0.2, 0) is 0 Å². The lowest BCUT2D eigenvalue weighted by atomic mass is 10.3. The number of nitrogens with zero attached hydrogens (tertiary/aromatic N) is 2. The SMILES string of the molecule is CCCCNC(=O)N(CC)CCCN(C)C. The summed E-state index contributed by atoms with van der Waals surface area (Å²) in [5, 5.41) is 2.95. The molecule has 0 rings (SSSR count). The standard InChI is InChI=1S/C12H27N3O/c1-5-7-9-13-12(16)15(6-2)11-8-10-14(3)4/h5-11H2,1-4H3,(H,13,16). The highest BCUT2D eigenvalue weighted by atomic mass is 16.2. The Hall–Kier alpha value is -0.770. The Bertz CT molecular complexity index is 183. The lowest BCUT2D eigenvalue weighted by molar-refractivity contribution is 0.197. The molecule has 0 aromatic rings. The van der Waals surface area contributed by atoms with E-state index in [9.17, 15) is 4.79 Å². The average Bonchev–Trinajstić information content (AvgIpc) is 2.24. The number of amides is 2. The van der Waals surface area contributed by atoms with Crippen molar-refractivity contribution in [1.29, 1.82) is 0 Å². The zero-order valence-corrected chi connectivity index (χ0v) is 11.3. The van der Waals surface area contributed by atoms with Crippen molar-refractivity contribution in [2.75, 3.05) is 40.3 Å². The Morgan fingerprint density at radius 1 is 1.12 bits per heavy atom. The van der Waals surface area contributed by atoms with Gasteiger partial charge in [-0.15, -0.1) is 0 Å². The van der Waals surface area contributed by atoms with E-state index in [1.807, 2.05) is 11.8 Å². The third-order valence-electron chi connectivity index (χ3n) is 2.51. The van der Waals surface area contributed by atoms with Crippen molar-refractivity contribution in [2.45, 2.75) is 33.1 Å². The summed E-state index contributed by atoms with van der Waals surface area (Å²) in [5.74, 6) is 0. The van der Waals surface area contributed by atoms with E-state index in [-0.39, 0.29) is 6.03 Å². The number of carbonyl (C=O) groups excluding carboxylic acids is 1. The van der Waals surface area contributed by atoms with Crippen LogP contribution in [0.15, 0.2) is 0 Å². The summed E-state index contributed by atoms with van der Waals surface area (Å²) in [7, 11) is 4.11. The van der Waals surface area contributed by atoms with E-state index in [0.29, 0.717) is 0 Å². The first kappa shape index (κ1) is 15.2. The first-order valence-electron chi connectivity index (χ1n) is 6.29. The summed E-state index contributed by atoms with van der Waals surface area (Å²) in [4.78, 5) is 15.7. The third kappa shape index (κ3) is 7.51. The maximum absolute atomic E-state index is 11.7. The molecule has 0 fully saturated rings. The van der Waals surface area contributed by atoms with E-state index >= 15 is 0 Å². The van der Waals surface area contributed by atoms with E-state index in [0.717, 1.165) is 45.4 Å². The minimum Gasteiger partial charge on any atom is -0.338 e. The summed E-state index contributed by atoms with van der Waals surface area (Å²) in [6, 6.07) is 0.0784. The van der Waals surface area contributed by atoms with Gasteiger partial charge >= 0.3 is 6.03 Å². The molecule has 0 radical (unpaired) electrons. The molecule has 2 amide bonds. The van der Waals surface area contributed by atoms with Crippen LogP contribution >= 0.6 is 0 Å². The number of unbranched alkanes of at least 4 members (excludes halogenated alkanes) is 1. The second-order valence-corrected chi connectivity index (χ2v) is 4.32. The Kier molecular flexibility index (Phi) is 9.00. The monoisotopic (exact) mass is 229 g/mol. The maximum atomic E-state index is 11.7. The Labute approximate surface area is 100.0 Å². The molecule has 0 aliphatic carbocycles. The molecule has 0 bridgehead atoms. The van der Waals surface area contributed by atoms with Gasteiger partial charge < -0.3 is 15.1 Å². The molecule has 0 spiro atoms. The van der Waals surface area contributed by atoms with Crippen molar-refractivity contribution in [1.82, 2.24) is 15.1 Å². The van der Waals surface area contributed by atoms with Gasteiger partial charge in [-0.25, -0.2) is 4.79 Å². The topological polar surface area (TPSA) is 35.6 Å². The van der Waals surface area contributed by atoms with Gasteiger partial charge in [0.25, 0.3) is 0 Å². The second kappa shape index (κ2) is 9.46. The minimum atomic E-state index is 0.0784. The molecule has 4 nitrogen and oxygen atoms in total. The molecule has 0 heterocycles. The number of rotatable bonds is 8. The lowest BCUT2D eigenvalue weighted by Gasteiger charge is -2.22. The molecule has 0 aliphatic rings. The summed E-state index contributed by atoms with van der Waals surface area (Å²) in [6.45, 7) is 7.59. The number of hydrogen-bond donors (Lipinski definition) is 1. The molecule has 0 saturated carbocycles. The van der Waals surface area contributed by atoms with Crippen LogP contribution in [0, 0.1) is 0 Å². The molecule has 0 saturated heterocycles. The van der Waals surface area contributed by atoms with Crippen LogP contribution in [-0.4, -0.2) is 56.1 Å². The predicted molar refractivity (Wildman–Crippen MR) is 68.7 cm³/mol. The summed E-state index contributed by atoms with van der Waals surface area (Å²) < 4.78 is 0. The van der Waals surface area contributed by atoms with Gasteiger partial charge in [0.05, 0.1) is 0 Å². The minimum absolute atomic E-state index is 0.0784. The third-order valence-corrected chi connectivity index (χ3v) is 2.51. The molecule has 1 N–H and O–H groups in total. The highest BCUT2D eigenvalue weighted by molar-refractivity contribution is 5.74. The molecular weight excluding hydrogens is 202 g/mol. The Morgan fingerprint density at radius 3 is 2.31 bits per heavy atom. The molecule has 0 atom stereocenters. The molecule has 16 heavy (non-hydrogen) atoms. The highest BCUT2D eigenvalue weighted by Gasteiger charge is 2.09. The van der Waals surface area contributed by atoms with Crippen LogP contribution in [0.1, 0.15) is 33.1 Å². The Morgan fingerprint density at radius 2 is 1.81 bits per heavy atom. The number of hydrogen-bond acceptors (Lipinski definition) is 2. The first-order valence-corrected chi connectivity index (χ1v) is 6.29. The van der Waals surface area contributed by atoms with E-state index in [4.69, 9.17) is 0 Å². The van der Waals surface area contributed by atoms with Gasteiger partial charge in [0.15, 0.2) is 0 Å². The molecule has 0 aromatic heterocycles. The molecule has 4 heteroatoms. The van der Waals surface area contributed by atoms with Gasteiger partial charge in [-0.05, 0) is 40.4 Å². The molecule has 0 aromatic carbocycles. The highest BCUT2D eigenvalue weighted by Crippen LogP contribution is 1.94. The average molecular weight is 229 g/mol. The smallest absolute Gasteiger partial charge is 0.317 e. The molecular formula is C12H27N3O. The van der Waals surface area contributed by atoms with Crippen molar-refractivity contribution in [3.05, 3.63) is 0 Å². The van der Waals surface area contributed by atoms with Crippen LogP contribution in [0.5, 0.6) is 0 Å². The maximum Gasteiger partial charge on any atom is 0.317 e. The number of carbonyl (C=O) groups is 1. The van der Waals surface area contributed by atoms with Crippen molar-refractivity contribution >= 4 is 6.03 Å². The van der Waals surface area contributed by atoms with Crippen molar-refractivity contribution < 1.29 is 4.79 Å². The normalized spacial score (nSPS) is 10.6. The molecule has 96 valence electrons. The second-order valence-electron chi connectivity index (χ2n) is 4.32. The summed E-state index contributed by atoms with van der Waals surface area (Å²) in [6.07, 6.45) is 3.20. The zero-order chi connectivity index (χ0) is 12.4. The number of urea groups is 1. The Balaban J connectivity index is 3.74. The van der Waals surface area contributed by atoms with Crippen LogP contribution in [0.4, 0.5) is 4.79 Å². The van der Waals surface area contributed by atoms with Gasteiger partial charge in [-0.2, -0.15) is 0 Å². The van der Waals surface area contributed by atoms with Crippen LogP contribution in [0.2, 0.25) is 0 Å². The van der Waals surface area contributed by atoms with Gasteiger partial charge in [-0.3, -0.25) is 0 Å². The van der Waals surface area contributed by atoms with Crippen LogP contribution in [0.3, 0.4) is 0 Å². The van der Waals surface area contributed by atoms with Gasteiger partial charge in [0.2, 0.25) is 0 Å². The quantitative estimate of drug-likeness (QED) is 0.644. The van der Waals surface area contributed by atoms with E-state index in [1.165, 1.54) is 0 Å². The summed E-state index contributed by atoms with van der Waals surface area (Å²) >= 11 is 0. The van der Waals surface area contributed by atoms with Gasteiger partial charge in [0, 0.05) is 19.6 Å². The van der Waals surface area contributed by atoms with Gasteiger partial charge in [0.1, 0.15) is 0 Å². The fourth-order valence-electron chi connectivity index (χ4n) is 1.46.